The third-order valence-corrected chi connectivity index (χ3v) is 3.23. The highest BCUT2D eigenvalue weighted by atomic mass is 16.5. The zero-order chi connectivity index (χ0) is 14.6. The molecule has 0 radical (unpaired) electrons. The van der Waals surface area contributed by atoms with Crippen molar-refractivity contribution in [2.45, 2.75) is 53.2 Å². The first kappa shape index (κ1) is 16.0. The standard InChI is InChI=1S/C14H26N2O3/c1-10-9-19-11(2)8-16(10)12(17)6-7-15-13(18)14(3,4)5/h10-11H,6-9H2,1-5H3,(H,15,18). The van der Waals surface area contributed by atoms with Gasteiger partial charge in [0.05, 0.1) is 18.8 Å². The molecular weight excluding hydrogens is 244 g/mol. The van der Waals surface area contributed by atoms with Crippen LogP contribution in [0.15, 0.2) is 0 Å². The van der Waals surface area contributed by atoms with Crippen LogP contribution in [0.25, 0.3) is 0 Å². The van der Waals surface area contributed by atoms with Gasteiger partial charge in [-0.3, -0.25) is 9.59 Å². The number of rotatable bonds is 3. The molecule has 0 bridgehead atoms. The lowest BCUT2D eigenvalue weighted by molar-refractivity contribution is -0.143. The van der Waals surface area contributed by atoms with Crippen molar-refractivity contribution in [2.75, 3.05) is 19.7 Å². The molecule has 110 valence electrons. The lowest BCUT2D eigenvalue weighted by atomic mass is 9.96. The summed E-state index contributed by atoms with van der Waals surface area (Å²) in [5.74, 6) is 0.0561. The largest absolute Gasteiger partial charge is 0.375 e. The van der Waals surface area contributed by atoms with E-state index in [1.54, 1.807) is 0 Å². The van der Waals surface area contributed by atoms with Gasteiger partial charge in [0.1, 0.15) is 0 Å². The first-order chi connectivity index (χ1) is 8.71. The van der Waals surface area contributed by atoms with Gasteiger partial charge >= 0.3 is 0 Å². The fourth-order valence-corrected chi connectivity index (χ4v) is 1.94. The highest BCUT2D eigenvalue weighted by Gasteiger charge is 2.27. The van der Waals surface area contributed by atoms with E-state index >= 15 is 0 Å². The molecule has 2 amide bonds. The van der Waals surface area contributed by atoms with Gasteiger partial charge in [0.25, 0.3) is 0 Å². The summed E-state index contributed by atoms with van der Waals surface area (Å²) in [6.45, 7) is 11.1. The third-order valence-electron chi connectivity index (χ3n) is 3.23. The fraction of sp³-hybridized carbons (Fsp3) is 0.857. The van der Waals surface area contributed by atoms with E-state index in [4.69, 9.17) is 4.74 Å². The zero-order valence-corrected chi connectivity index (χ0v) is 12.7. The summed E-state index contributed by atoms with van der Waals surface area (Å²) in [5, 5.41) is 2.80. The van der Waals surface area contributed by atoms with E-state index in [9.17, 15) is 9.59 Å². The molecule has 0 aromatic heterocycles. The van der Waals surface area contributed by atoms with Crippen LogP contribution < -0.4 is 5.32 Å². The van der Waals surface area contributed by atoms with Crippen molar-refractivity contribution >= 4 is 11.8 Å². The maximum atomic E-state index is 12.1. The number of nitrogens with zero attached hydrogens (tertiary/aromatic N) is 1. The predicted octanol–water partition coefficient (Wildman–Crippen LogP) is 1.17. The Labute approximate surface area is 115 Å². The van der Waals surface area contributed by atoms with Gasteiger partial charge in [-0.15, -0.1) is 0 Å². The minimum Gasteiger partial charge on any atom is -0.375 e. The second-order valence-electron chi connectivity index (χ2n) is 6.29. The summed E-state index contributed by atoms with van der Waals surface area (Å²) >= 11 is 0. The summed E-state index contributed by atoms with van der Waals surface area (Å²) in [6.07, 6.45) is 0.433. The molecule has 1 heterocycles. The summed E-state index contributed by atoms with van der Waals surface area (Å²) in [5.41, 5.74) is -0.413. The molecule has 19 heavy (non-hydrogen) atoms. The van der Waals surface area contributed by atoms with E-state index in [1.165, 1.54) is 0 Å². The maximum Gasteiger partial charge on any atom is 0.225 e. The monoisotopic (exact) mass is 270 g/mol. The average molecular weight is 270 g/mol. The molecule has 5 heteroatoms. The van der Waals surface area contributed by atoms with E-state index in [-0.39, 0.29) is 24.0 Å². The Morgan fingerprint density at radius 3 is 2.53 bits per heavy atom. The van der Waals surface area contributed by atoms with Crippen LogP contribution in [-0.4, -0.2) is 48.6 Å². The SMILES string of the molecule is CC1CN(C(=O)CCNC(=O)C(C)(C)C)C(C)CO1. The van der Waals surface area contributed by atoms with Crippen LogP contribution in [0.5, 0.6) is 0 Å². The summed E-state index contributed by atoms with van der Waals surface area (Å²) in [7, 11) is 0. The Balaban J connectivity index is 2.37. The molecule has 1 aliphatic rings. The van der Waals surface area contributed by atoms with Crippen LogP contribution in [0.3, 0.4) is 0 Å². The smallest absolute Gasteiger partial charge is 0.225 e. The molecule has 1 rings (SSSR count). The Hall–Kier alpha value is -1.10. The van der Waals surface area contributed by atoms with Crippen LogP contribution in [-0.2, 0) is 14.3 Å². The Bertz CT molecular complexity index is 336. The molecule has 1 aliphatic heterocycles. The van der Waals surface area contributed by atoms with E-state index in [0.29, 0.717) is 26.1 Å². The fourth-order valence-electron chi connectivity index (χ4n) is 1.94. The van der Waals surface area contributed by atoms with Crippen LogP contribution in [0, 0.1) is 5.41 Å². The van der Waals surface area contributed by atoms with Crippen LogP contribution in [0.4, 0.5) is 0 Å². The Kier molecular flexibility index (Phi) is 5.35. The summed E-state index contributed by atoms with van der Waals surface area (Å²) < 4.78 is 5.49. The van der Waals surface area contributed by atoms with E-state index < -0.39 is 5.41 Å². The quantitative estimate of drug-likeness (QED) is 0.837. The van der Waals surface area contributed by atoms with Gasteiger partial charge in [-0.1, -0.05) is 20.8 Å². The van der Waals surface area contributed by atoms with Crippen molar-refractivity contribution in [3.8, 4) is 0 Å². The van der Waals surface area contributed by atoms with Gasteiger partial charge in [0, 0.05) is 24.9 Å². The molecule has 5 nitrogen and oxygen atoms in total. The number of hydrogen-bond acceptors (Lipinski definition) is 3. The highest BCUT2D eigenvalue weighted by Crippen LogP contribution is 2.14. The number of hydrogen-bond donors (Lipinski definition) is 1. The number of nitrogens with one attached hydrogen (secondary N) is 1. The molecule has 0 aliphatic carbocycles. The predicted molar refractivity (Wildman–Crippen MR) is 73.7 cm³/mol. The number of carbonyl (C=O) groups excluding carboxylic acids is 2. The lowest BCUT2D eigenvalue weighted by Gasteiger charge is -2.37. The molecular formula is C14H26N2O3. The molecule has 2 unspecified atom stereocenters. The van der Waals surface area contributed by atoms with Gasteiger partial charge in [0.2, 0.25) is 11.8 Å². The second-order valence-corrected chi connectivity index (χ2v) is 6.29. The topological polar surface area (TPSA) is 58.6 Å². The molecule has 0 saturated carbocycles. The van der Waals surface area contributed by atoms with Crippen LogP contribution in [0.2, 0.25) is 0 Å². The number of amides is 2. The third kappa shape index (κ3) is 4.82. The average Bonchev–Trinajstić information content (AvgIpc) is 2.30. The molecule has 0 aromatic rings. The summed E-state index contributed by atoms with van der Waals surface area (Å²) in [6, 6.07) is 0.113. The maximum absolute atomic E-state index is 12.1. The molecule has 1 N–H and O–H groups in total. The van der Waals surface area contributed by atoms with Gasteiger partial charge < -0.3 is 15.0 Å². The molecule has 1 saturated heterocycles. The molecule has 0 aromatic carbocycles. The van der Waals surface area contributed by atoms with Gasteiger partial charge in [-0.2, -0.15) is 0 Å². The second kappa shape index (κ2) is 6.37. The number of ether oxygens (including phenoxy) is 1. The normalized spacial score (nSPS) is 24.2. The summed E-state index contributed by atoms with van der Waals surface area (Å²) in [4.78, 5) is 25.6. The van der Waals surface area contributed by atoms with Crippen molar-refractivity contribution in [2.24, 2.45) is 5.41 Å². The molecule has 1 fully saturated rings. The minimum atomic E-state index is -0.413. The Morgan fingerprint density at radius 1 is 1.32 bits per heavy atom. The zero-order valence-electron chi connectivity index (χ0n) is 12.7. The van der Waals surface area contributed by atoms with E-state index in [1.807, 2.05) is 39.5 Å². The van der Waals surface area contributed by atoms with E-state index in [2.05, 4.69) is 5.32 Å². The van der Waals surface area contributed by atoms with Crippen molar-refractivity contribution in [1.82, 2.24) is 10.2 Å². The lowest BCUT2D eigenvalue weighted by Crippen LogP contribution is -2.50. The van der Waals surface area contributed by atoms with Crippen molar-refractivity contribution < 1.29 is 14.3 Å². The van der Waals surface area contributed by atoms with Gasteiger partial charge in [-0.25, -0.2) is 0 Å². The van der Waals surface area contributed by atoms with Crippen LogP contribution in [0.1, 0.15) is 41.0 Å². The molecule has 0 spiro atoms. The highest BCUT2D eigenvalue weighted by molar-refractivity contribution is 5.82. The van der Waals surface area contributed by atoms with Crippen molar-refractivity contribution in [3.05, 3.63) is 0 Å². The molecule has 2 atom stereocenters. The number of carbonyl (C=O) groups is 2. The minimum absolute atomic E-state index is 0.0244. The van der Waals surface area contributed by atoms with Crippen molar-refractivity contribution in [3.63, 3.8) is 0 Å². The van der Waals surface area contributed by atoms with Crippen LogP contribution >= 0.6 is 0 Å². The van der Waals surface area contributed by atoms with Gasteiger partial charge in [-0.05, 0) is 13.8 Å². The van der Waals surface area contributed by atoms with E-state index in [0.717, 1.165) is 0 Å². The number of morpholine rings is 1. The van der Waals surface area contributed by atoms with Gasteiger partial charge in [0.15, 0.2) is 0 Å². The van der Waals surface area contributed by atoms with Crippen molar-refractivity contribution in [1.29, 1.82) is 0 Å². The Morgan fingerprint density at radius 2 is 1.95 bits per heavy atom. The first-order valence-corrected chi connectivity index (χ1v) is 6.91. The first-order valence-electron chi connectivity index (χ1n) is 6.91.